The summed E-state index contributed by atoms with van der Waals surface area (Å²) in [7, 11) is 3.80. The molecule has 0 aliphatic heterocycles. The molecule has 23 heavy (non-hydrogen) atoms. The second-order valence-electron chi connectivity index (χ2n) is 5.49. The van der Waals surface area contributed by atoms with E-state index in [4.69, 9.17) is 4.52 Å². The molecule has 0 bridgehead atoms. The van der Waals surface area contributed by atoms with Gasteiger partial charge in [0.1, 0.15) is 0 Å². The van der Waals surface area contributed by atoms with E-state index in [1.807, 2.05) is 20.9 Å². The van der Waals surface area contributed by atoms with Gasteiger partial charge in [-0.3, -0.25) is 4.99 Å². The van der Waals surface area contributed by atoms with Crippen LogP contribution >= 0.6 is 27.3 Å². The smallest absolute Gasteiger partial charge is 0.228 e. The van der Waals surface area contributed by atoms with Gasteiger partial charge in [0.2, 0.25) is 5.89 Å². The molecule has 8 heteroatoms. The Morgan fingerprint density at radius 3 is 2.83 bits per heavy atom. The van der Waals surface area contributed by atoms with E-state index in [-0.39, 0.29) is 5.92 Å². The first-order valence-corrected chi connectivity index (χ1v) is 9.09. The number of hydrogen-bond acceptors (Lipinski definition) is 5. The maximum Gasteiger partial charge on any atom is 0.228 e. The molecule has 0 aromatic carbocycles. The summed E-state index contributed by atoms with van der Waals surface area (Å²) in [6, 6.07) is 4.18. The number of rotatable bonds is 6. The Kier molecular flexibility index (Phi) is 6.59. The second kappa shape index (κ2) is 8.44. The van der Waals surface area contributed by atoms with Crippen LogP contribution in [0.2, 0.25) is 0 Å². The molecule has 0 spiro atoms. The average Bonchev–Trinajstić information content (AvgIpc) is 3.13. The van der Waals surface area contributed by atoms with Gasteiger partial charge in [-0.2, -0.15) is 4.98 Å². The van der Waals surface area contributed by atoms with E-state index in [1.165, 1.54) is 4.88 Å². The zero-order valence-corrected chi connectivity index (χ0v) is 16.2. The molecule has 0 saturated heterocycles. The lowest BCUT2D eigenvalue weighted by molar-refractivity contribution is 0.370. The summed E-state index contributed by atoms with van der Waals surface area (Å²) < 4.78 is 6.38. The normalized spacial score (nSPS) is 12.0. The van der Waals surface area contributed by atoms with Gasteiger partial charge in [-0.05, 0) is 28.1 Å². The quantitative estimate of drug-likeness (QED) is 0.596. The van der Waals surface area contributed by atoms with E-state index < -0.39 is 0 Å². The first-order chi connectivity index (χ1) is 11.0. The summed E-state index contributed by atoms with van der Waals surface area (Å²) in [5, 5.41) is 7.29. The van der Waals surface area contributed by atoms with E-state index in [2.05, 4.69) is 53.4 Å². The van der Waals surface area contributed by atoms with Crippen molar-refractivity contribution in [3.8, 4) is 0 Å². The fraction of sp³-hybridized carbons (Fsp3) is 0.533. The van der Waals surface area contributed by atoms with Gasteiger partial charge in [0.15, 0.2) is 11.8 Å². The fourth-order valence-corrected chi connectivity index (χ4v) is 3.55. The molecule has 1 N–H and O–H groups in total. The Labute approximate surface area is 149 Å². The Bertz CT molecular complexity index is 652. The van der Waals surface area contributed by atoms with Crippen LogP contribution in [0.25, 0.3) is 0 Å². The van der Waals surface area contributed by atoms with E-state index in [0.29, 0.717) is 18.9 Å². The lowest BCUT2D eigenvalue weighted by Crippen LogP contribution is -2.39. The van der Waals surface area contributed by atoms with E-state index in [0.717, 1.165) is 22.1 Å². The number of halogens is 1. The molecule has 2 rings (SSSR count). The minimum absolute atomic E-state index is 0.282. The van der Waals surface area contributed by atoms with Gasteiger partial charge in [-0.15, -0.1) is 11.3 Å². The number of thiophene rings is 1. The van der Waals surface area contributed by atoms with E-state index in [1.54, 1.807) is 18.4 Å². The number of aliphatic imine (C=N–C) groups is 1. The molecule has 126 valence electrons. The molecule has 0 fully saturated rings. The second-order valence-corrected chi connectivity index (χ2v) is 8.03. The maximum absolute atomic E-state index is 5.24. The monoisotopic (exact) mass is 399 g/mol. The van der Waals surface area contributed by atoms with Crippen molar-refractivity contribution in [3.63, 3.8) is 0 Å². The minimum atomic E-state index is 0.282. The molecule has 0 aliphatic rings. The van der Waals surface area contributed by atoms with Crippen LogP contribution in [0.1, 0.15) is 36.4 Å². The van der Waals surface area contributed by atoms with Crippen molar-refractivity contribution in [2.45, 2.75) is 32.7 Å². The first kappa shape index (κ1) is 17.9. The third kappa shape index (κ3) is 5.31. The van der Waals surface area contributed by atoms with Crippen LogP contribution in [0.3, 0.4) is 0 Å². The Morgan fingerprint density at radius 1 is 1.48 bits per heavy atom. The zero-order valence-electron chi connectivity index (χ0n) is 13.8. The Morgan fingerprint density at radius 2 is 2.26 bits per heavy atom. The van der Waals surface area contributed by atoms with Crippen molar-refractivity contribution in [1.29, 1.82) is 0 Å². The van der Waals surface area contributed by atoms with Gasteiger partial charge in [0, 0.05) is 37.9 Å². The number of aromatic nitrogens is 2. The van der Waals surface area contributed by atoms with Crippen molar-refractivity contribution in [3.05, 3.63) is 32.5 Å². The topological polar surface area (TPSA) is 66.5 Å². The summed E-state index contributed by atoms with van der Waals surface area (Å²) in [5.74, 6) is 2.54. The van der Waals surface area contributed by atoms with Crippen molar-refractivity contribution >= 4 is 33.2 Å². The molecular formula is C15H22BrN5OS. The molecule has 0 saturated carbocycles. The molecule has 0 aliphatic carbocycles. The number of nitrogens with zero attached hydrogens (tertiary/aromatic N) is 4. The zero-order chi connectivity index (χ0) is 16.8. The average molecular weight is 400 g/mol. The number of guanidine groups is 1. The van der Waals surface area contributed by atoms with Crippen molar-refractivity contribution in [1.82, 2.24) is 20.4 Å². The van der Waals surface area contributed by atoms with Gasteiger partial charge in [0.05, 0.1) is 10.3 Å². The fourth-order valence-electron chi connectivity index (χ4n) is 2.02. The highest BCUT2D eigenvalue weighted by molar-refractivity contribution is 9.11. The van der Waals surface area contributed by atoms with Crippen LogP contribution in [0.15, 0.2) is 25.4 Å². The molecule has 0 radical (unpaired) electrons. The summed E-state index contributed by atoms with van der Waals surface area (Å²) in [4.78, 5) is 12.1. The highest BCUT2D eigenvalue weighted by Crippen LogP contribution is 2.22. The Hall–Kier alpha value is -1.41. The molecule has 2 aromatic heterocycles. The number of hydrogen-bond donors (Lipinski definition) is 1. The predicted octanol–water partition coefficient (Wildman–Crippen LogP) is 3.27. The summed E-state index contributed by atoms with van der Waals surface area (Å²) in [6.07, 6.45) is 0.678. The van der Waals surface area contributed by atoms with Crippen LogP contribution in [-0.2, 0) is 13.0 Å². The van der Waals surface area contributed by atoms with Crippen molar-refractivity contribution in [2.24, 2.45) is 4.99 Å². The van der Waals surface area contributed by atoms with Gasteiger partial charge < -0.3 is 14.7 Å². The summed E-state index contributed by atoms with van der Waals surface area (Å²) in [5.41, 5.74) is 0. The van der Waals surface area contributed by atoms with Crippen molar-refractivity contribution in [2.75, 3.05) is 20.6 Å². The molecule has 0 unspecified atom stereocenters. The molecule has 6 nitrogen and oxygen atoms in total. The molecule has 2 heterocycles. The van der Waals surface area contributed by atoms with Gasteiger partial charge in [0.25, 0.3) is 0 Å². The molecule has 2 aromatic rings. The van der Waals surface area contributed by atoms with Crippen LogP contribution in [-0.4, -0.2) is 41.6 Å². The summed E-state index contributed by atoms with van der Waals surface area (Å²) >= 11 is 5.22. The summed E-state index contributed by atoms with van der Waals surface area (Å²) in [6.45, 7) is 5.61. The van der Waals surface area contributed by atoms with Crippen LogP contribution in [0, 0.1) is 0 Å². The van der Waals surface area contributed by atoms with E-state index in [9.17, 15) is 0 Å². The Balaban J connectivity index is 1.82. The van der Waals surface area contributed by atoms with Gasteiger partial charge in [-0.1, -0.05) is 19.0 Å². The highest BCUT2D eigenvalue weighted by atomic mass is 79.9. The van der Waals surface area contributed by atoms with E-state index >= 15 is 0 Å². The van der Waals surface area contributed by atoms with Gasteiger partial charge in [-0.25, -0.2) is 0 Å². The minimum Gasteiger partial charge on any atom is -0.356 e. The molecule has 0 amide bonds. The lowest BCUT2D eigenvalue weighted by atomic mass is 10.2. The van der Waals surface area contributed by atoms with Crippen LogP contribution < -0.4 is 5.32 Å². The highest BCUT2D eigenvalue weighted by Gasteiger charge is 2.11. The third-order valence-electron chi connectivity index (χ3n) is 3.22. The lowest BCUT2D eigenvalue weighted by Gasteiger charge is -2.21. The standard InChI is InChI=1S/C15H22BrN5OS/c1-10(2)14-19-13(22-20-14)7-8-18-15(17-3)21(4)9-11-5-6-12(16)23-11/h5-6,10H,7-9H2,1-4H3,(H,17,18). The number of nitrogens with one attached hydrogen (secondary N) is 1. The van der Waals surface area contributed by atoms with Gasteiger partial charge >= 0.3 is 0 Å². The SMILES string of the molecule is CN=C(NCCc1nc(C(C)C)no1)N(C)Cc1ccc(Br)s1. The van der Waals surface area contributed by atoms with Crippen molar-refractivity contribution < 1.29 is 4.52 Å². The molecular weight excluding hydrogens is 378 g/mol. The predicted molar refractivity (Wildman–Crippen MR) is 96.9 cm³/mol. The van der Waals surface area contributed by atoms with Crippen LogP contribution in [0.4, 0.5) is 0 Å². The maximum atomic E-state index is 5.24. The molecule has 0 atom stereocenters. The largest absolute Gasteiger partial charge is 0.356 e. The van der Waals surface area contributed by atoms with Crippen LogP contribution in [0.5, 0.6) is 0 Å². The first-order valence-electron chi connectivity index (χ1n) is 7.48. The third-order valence-corrected chi connectivity index (χ3v) is 4.83.